The van der Waals surface area contributed by atoms with Crippen molar-refractivity contribution in [3.8, 4) is 17.2 Å². The molecule has 0 saturated carbocycles. The van der Waals surface area contributed by atoms with Gasteiger partial charge in [-0.2, -0.15) is 0 Å². The molecule has 1 aliphatic heterocycles. The summed E-state index contributed by atoms with van der Waals surface area (Å²) in [6.45, 7) is 5.48. The maximum absolute atomic E-state index is 14.5. The van der Waals surface area contributed by atoms with Crippen LogP contribution in [0.25, 0.3) is 0 Å². The first-order chi connectivity index (χ1) is 19.3. The van der Waals surface area contributed by atoms with E-state index in [-0.39, 0.29) is 18.8 Å². The Labute approximate surface area is 234 Å². The molecule has 0 aromatic heterocycles. The smallest absolute Gasteiger partial charge is 0.336 e. The number of carbonyl (C=O) groups excluding carboxylic acids is 3. The van der Waals surface area contributed by atoms with Gasteiger partial charge in [0.05, 0.1) is 46.0 Å². The molecule has 3 atom stereocenters. The monoisotopic (exact) mass is 549 g/mol. The summed E-state index contributed by atoms with van der Waals surface area (Å²) in [6, 6.07) is 12.6. The quantitative estimate of drug-likeness (QED) is 0.359. The van der Waals surface area contributed by atoms with Gasteiger partial charge in [-0.3, -0.25) is 9.59 Å². The number of nitrogens with one attached hydrogen (secondary N) is 1. The first-order valence-corrected chi connectivity index (χ1v) is 13.2. The molecule has 0 saturated heterocycles. The number of Topliss-reactive ketones (excluding diaryl/α,β-unsaturated/α-hetero) is 1. The van der Waals surface area contributed by atoms with E-state index in [1.165, 1.54) is 14.2 Å². The molecule has 4 rings (SSSR count). The highest BCUT2D eigenvalue weighted by molar-refractivity contribution is 6.13. The van der Waals surface area contributed by atoms with Crippen molar-refractivity contribution in [3.05, 3.63) is 76.1 Å². The molecule has 9 heteroatoms. The summed E-state index contributed by atoms with van der Waals surface area (Å²) in [4.78, 5) is 41.2. The van der Waals surface area contributed by atoms with Crippen LogP contribution in [0.3, 0.4) is 0 Å². The van der Waals surface area contributed by atoms with E-state index in [4.69, 9.17) is 23.7 Å². The van der Waals surface area contributed by atoms with E-state index in [2.05, 4.69) is 5.32 Å². The van der Waals surface area contributed by atoms with E-state index in [1.54, 1.807) is 58.2 Å². The largest absolute Gasteiger partial charge is 0.497 e. The van der Waals surface area contributed by atoms with E-state index in [0.29, 0.717) is 46.2 Å². The summed E-state index contributed by atoms with van der Waals surface area (Å²) in [6.07, 6.45) is 0.340. The minimum Gasteiger partial charge on any atom is -0.497 e. The van der Waals surface area contributed by atoms with Crippen LogP contribution >= 0.6 is 0 Å². The summed E-state index contributed by atoms with van der Waals surface area (Å²) in [5, 5.41) is 3.31. The molecule has 0 bridgehead atoms. The van der Waals surface area contributed by atoms with Crippen LogP contribution in [0.1, 0.15) is 50.2 Å². The zero-order chi connectivity index (χ0) is 29.0. The normalized spacial score (nSPS) is 20.4. The third-order valence-electron chi connectivity index (χ3n) is 7.34. The fourth-order valence-corrected chi connectivity index (χ4v) is 5.63. The van der Waals surface area contributed by atoms with Gasteiger partial charge in [-0.15, -0.1) is 0 Å². The molecular weight excluding hydrogens is 514 g/mol. The van der Waals surface area contributed by atoms with Crippen LogP contribution in [-0.4, -0.2) is 52.3 Å². The Bertz CT molecular complexity index is 1360. The van der Waals surface area contributed by atoms with Gasteiger partial charge in [-0.1, -0.05) is 24.3 Å². The molecule has 2 aromatic carbocycles. The minimum absolute atomic E-state index is 0.127. The molecule has 9 nitrogen and oxygen atoms in total. The van der Waals surface area contributed by atoms with Crippen molar-refractivity contribution < 1.29 is 38.1 Å². The van der Waals surface area contributed by atoms with Crippen LogP contribution < -0.4 is 19.5 Å². The number of allylic oxidation sites excluding steroid dienone is 3. The number of ketones is 1. The Balaban J connectivity index is 1.95. The van der Waals surface area contributed by atoms with E-state index in [9.17, 15) is 14.4 Å². The molecule has 0 spiro atoms. The van der Waals surface area contributed by atoms with Gasteiger partial charge in [-0.25, -0.2) is 4.79 Å². The number of ether oxygens (including phenoxy) is 5. The van der Waals surface area contributed by atoms with Gasteiger partial charge in [-0.05, 0) is 51.0 Å². The van der Waals surface area contributed by atoms with Gasteiger partial charge in [0.2, 0.25) is 0 Å². The number of carbonyl (C=O) groups is 3. The van der Waals surface area contributed by atoms with Crippen LogP contribution in [0.15, 0.2) is 65.0 Å². The Kier molecular flexibility index (Phi) is 8.82. The molecule has 2 aliphatic rings. The summed E-state index contributed by atoms with van der Waals surface area (Å²) in [5.74, 6) is -2.56. The molecule has 1 N–H and O–H groups in total. The lowest BCUT2D eigenvalue weighted by molar-refractivity contribution is -0.152. The van der Waals surface area contributed by atoms with Crippen molar-refractivity contribution in [1.82, 2.24) is 5.32 Å². The first kappa shape index (κ1) is 28.7. The number of dihydropyridines is 1. The summed E-state index contributed by atoms with van der Waals surface area (Å²) in [7, 11) is 4.60. The van der Waals surface area contributed by atoms with Crippen LogP contribution in [-0.2, 0) is 23.9 Å². The Hall–Kier alpha value is -4.27. The number of hydrogen-bond acceptors (Lipinski definition) is 9. The lowest BCUT2D eigenvalue weighted by Crippen LogP contribution is -2.43. The van der Waals surface area contributed by atoms with Crippen molar-refractivity contribution in [3.63, 3.8) is 0 Å². The Morgan fingerprint density at radius 2 is 1.62 bits per heavy atom. The van der Waals surface area contributed by atoms with E-state index in [1.807, 2.05) is 12.1 Å². The van der Waals surface area contributed by atoms with E-state index >= 15 is 0 Å². The molecule has 2 aromatic rings. The Morgan fingerprint density at radius 1 is 0.925 bits per heavy atom. The molecule has 1 heterocycles. The zero-order valence-electron chi connectivity index (χ0n) is 23.7. The second-order valence-electron chi connectivity index (χ2n) is 9.47. The standard InChI is InChI=1S/C31H35NO8/c1-7-39-30(34)24-17(3)32-22-16-21(18-12-14-19(36-4)15-13-18)26(31(35)40-8-2)28(33)27(22)25(24)20-10-9-11-23(37-5)29(20)38-6/h9-15,21,25-26,32H,7-8,16H2,1-6H3/t21-,25-,26+/m0/s1. The Morgan fingerprint density at radius 3 is 2.23 bits per heavy atom. The van der Waals surface area contributed by atoms with E-state index in [0.717, 1.165) is 5.56 Å². The second-order valence-corrected chi connectivity index (χ2v) is 9.47. The molecule has 40 heavy (non-hydrogen) atoms. The van der Waals surface area contributed by atoms with Crippen molar-refractivity contribution >= 4 is 17.7 Å². The maximum atomic E-state index is 14.5. The molecule has 212 valence electrons. The predicted molar refractivity (Wildman–Crippen MR) is 147 cm³/mol. The topological polar surface area (TPSA) is 109 Å². The zero-order valence-corrected chi connectivity index (χ0v) is 23.7. The number of hydrogen-bond donors (Lipinski definition) is 1. The number of esters is 2. The SMILES string of the molecule is CCOC(=O)C1=C(C)NC2=C(C(=O)[C@H](C(=O)OCC)[C@H](c3ccc(OC)cc3)C2)[C@H]1c1cccc(OC)c1OC. The lowest BCUT2D eigenvalue weighted by atomic mass is 9.67. The maximum Gasteiger partial charge on any atom is 0.336 e. The molecule has 0 fully saturated rings. The fourth-order valence-electron chi connectivity index (χ4n) is 5.63. The highest BCUT2D eigenvalue weighted by Gasteiger charge is 2.49. The summed E-state index contributed by atoms with van der Waals surface area (Å²) < 4.78 is 27.4. The number of benzene rings is 2. The van der Waals surface area contributed by atoms with Crippen molar-refractivity contribution in [2.75, 3.05) is 34.5 Å². The van der Waals surface area contributed by atoms with Crippen LogP contribution in [0.5, 0.6) is 17.2 Å². The lowest BCUT2D eigenvalue weighted by Gasteiger charge is -2.39. The molecular formula is C31H35NO8. The van der Waals surface area contributed by atoms with Crippen molar-refractivity contribution in [2.45, 2.75) is 39.0 Å². The highest BCUT2D eigenvalue weighted by Crippen LogP contribution is 2.51. The average molecular weight is 550 g/mol. The van der Waals surface area contributed by atoms with Crippen LogP contribution in [0, 0.1) is 5.92 Å². The molecule has 0 unspecified atom stereocenters. The van der Waals surface area contributed by atoms with E-state index < -0.39 is 35.5 Å². The third-order valence-corrected chi connectivity index (χ3v) is 7.34. The number of rotatable bonds is 9. The fraction of sp³-hybridized carbons (Fsp3) is 0.387. The average Bonchev–Trinajstić information content (AvgIpc) is 2.95. The molecule has 1 aliphatic carbocycles. The second kappa shape index (κ2) is 12.3. The third kappa shape index (κ3) is 5.15. The molecule has 0 amide bonds. The minimum atomic E-state index is -1.12. The summed E-state index contributed by atoms with van der Waals surface area (Å²) >= 11 is 0. The molecule has 0 radical (unpaired) electrons. The van der Waals surface area contributed by atoms with Gasteiger partial charge < -0.3 is 29.0 Å². The van der Waals surface area contributed by atoms with Crippen molar-refractivity contribution in [1.29, 1.82) is 0 Å². The first-order valence-electron chi connectivity index (χ1n) is 13.2. The predicted octanol–water partition coefficient (Wildman–Crippen LogP) is 4.43. The van der Waals surface area contributed by atoms with Crippen LogP contribution in [0.2, 0.25) is 0 Å². The van der Waals surface area contributed by atoms with Crippen molar-refractivity contribution in [2.24, 2.45) is 5.92 Å². The van der Waals surface area contributed by atoms with Gasteiger partial charge in [0.25, 0.3) is 0 Å². The van der Waals surface area contributed by atoms with Crippen LogP contribution in [0.4, 0.5) is 0 Å². The number of methoxy groups -OCH3 is 3. The number of para-hydroxylation sites is 1. The summed E-state index contributed by atoms with van der Waals surface area (Å²) in [5.41, 5.74) is 3.12. The van der Waals surface area contributed by atoms with Gasteiger partial charge >= 0.3 is 11.9 Å². The van der Waals surface area contributed by atoms with Gasteiger partial charge in [0, 0.05) is 28.4 Å². The highest BCUT2D eigenvalue weighted by atomic mass is 16.5. The van der Waals surface area contributed by atoms with Gasteiger partial charge in [0.1, 0.15) is 11.7 Å². The van der Waals surface area contributed by atoms with Gasteiger partial charge in [0.15, 0.2) is 17.3 Å².